The Balaban J connectivity index is 1.71. The molecule has 1 heterocycles. The predicted molar refractivity (Wildman–Crippen MR) is 76.3 cm³/mol. The summed E-state index contributed by atoms with van der Waals surface area (Å²) in [5.74, 6) is 0.477. The highest BCUT2D eigenvalue weighted by atomic mass is 16.5. The molecule has 2 rings (SSSR count). The monoisotopic (exact) mass is 273 g/mol. The van der Waals surface area contributed by atoms with Crippen LogP contribution in [0.1, 0.15) is 18.9 Å². The molecule has 0 aliphatic heterocycles. The Morgan fingerprint density at radius 3 is 2.90 bits per heavy atom. The summed E-state index contributed by atoms with van der Waals surface area (Å²) in [5, 5.41) is 6.95. The summed E-state index contributed by atoms with van der Waals surface area (Å²) in [7, 11) is 0. The van der Waals surface area contributed by atoms with Gasteiger partial charge in [0.25, 0.3) is 5.91 Å². The lowest BCUT2D eigenvalue weighted by Gasteiger charge is -2.06. The van der Waals surface area contributed by atoms with Crippen LogP contribution < -0.4 is 10.1 Å². The van der Waals surface area contributed by atoms with Crippen LogP contribution in [0, 0.1) is 0 Å². The summed E-state index contributed by atoms with van der Waals surface area (Å²) < 4.78 is 7.19. The number of aryl methyl sites for hydroxylation is 1. The van der Waals surface area contributed by atoms with Crippen molar-refractivity contribution < 1.29 is 9.53 Å². The van der Waals surface area contributed by atoms with Crippen molar-refractivity contribution in [1.29, 1.82) is 0 Å². The van der Waals surface area contributed by atoms with E-state index in [0.717, 1.165) is 18.5 Å². The fourth-order valence-electron chi connectivity index (χ4n) is 1.77. The van der Waals surface area contributed by atoms with E-state index in [4.69, 9.17) is 4.74 Å². The van der Waals surface area contributed by atoms with Crippen LogP contribution in [-0.2, 0) is 17.9 Å². The molecule has 1 aromatic carbocycles. The van der Waals surface area contributed by atoms with Crippen LogP contribution in [0.5, 0.6) is 5.75 Å². The van der Waals surface area contributed by atoms with Gasteiger partial charge in [-0.05, 0) is 12.0 Å². The van der Waals surface area contributed by atoms with Gasteiger partial charge in [-0.15, -0.1) is 0 Å². The van der Waals surface area contributed by atoms with Gasteiger partial charge in [0.05, 0.1) is 12.4 Å². The van der Waals surface area contributed by atoms with Gasteiger partial charge < -0.3 is 10.1 Å². The minimum absolute atomic E-state index is 0.00461. The van der Waals surface area contributed by atoms with Crippen LogP contribution in [0.2, 0.25) is 0 Å². The second-order valence-electron chi connectivity index (χ2n) is 4.49. The molecular weight excluding hydrogens is 254 g/mol. The molecular formula is C15H19N3O2. The zero-order valence-corrected chi connectivity index (χ0v) is 11.6. The smallest absolute Gasteiger partial charge is 0.258 e. The van der Waals surface area contributed by atoms with Gasteiger partial charge in [0.15, 0.2) is 12.4 Å². The first kappa shape index (κ1) is 14.1. The van der Waals surface area contributed by atoms with Crippen LogP contribution in [0.3, 0.4) is 0 Å². The number of nitrogens with one attached hydrogen (secondary N) is 1. The summed E-state index contributed by atoms with van der Waals surface area (Å²) in [4.78, 5) is 11.7. The highest BCUT2D eigenvalue weighted by Crippen LogP contribution is 2.08. The molecule has 5 nitrogen and oxygen atoms in total. The number of rotatable bonds is 7. The minimum Gasteiger partial charge on any atom is -0.480 e. The molecule has 20 heavy (non-hydrogen) atoms. The molecule has 0 spiro atoms. The van der Waals surface area contributed by atoms with Gasteiger partial charge in [0.1, 0.15) is 0 Å². The van der Waals surface area contributed by atoms with Crippen molar-refractivity contribution in [1.82, 2.24) is 15.1 Å². The third-order valence-electron chi connectivity index (χ3n) is 2.76. The fraction of sp³-hybridized carbons (Fsp3) is 0.333. The van der Waals surface area contributed by atoms with E-state index in [1.807, 2.05) is 30.3 Å². The summed E-state index contributed by atoms with van der Waals surface area (Å²) in [6.45, 7) is 3.45. The molecule has 1 amide bonds. The molecule has 1 aromatic heterocycles. The van der Waals surface area contributed by atoms with E-state index in [1.165, 1.54) is 0 Å². The van der Waals surface area contributed by atoms with Crippen LogP contribution in [0.25, 0.3) is 0 Å². The molecule has 0 atom stereocenters. The Hall–Kier alpha value is -2.30. The van der Waals surface area contributed by atoms with Gasteiger partial charge in [-0.3, -0.25) is 9.48 Å². The Labute approximate surface area is 118 Å². The Kier molecular flexibility index (Phi) is 5.17. The number of ether oxygens (including phenoxy) is 1. The quantitative estimate of drug-likeness (QED) is 0.839. The van der Waals surface area contributed by atoms with Crippen molar-refractivity contribution in [3.8, 4) is 5.75 Å². The number of aromatic nitrogens is 2. The highest BCUT2D eigenvalue weighted by molar-refractivity contribution is 5.77. The number of hydrogen-bond donors (Lipinski definition) is 1. The van der Waals surface area contributed by atoms with Gasteiger partial charge in [0, 0.05) is 13.1 Å². The van der Waals surface area contributed by atoms with Crippen molar-refractivity contribution in [2.75, 3.05) is 6.61 Å². The maximum Gasteiger partial charge on any atom is 0.258 e. The molecule has 2 aromatic rings. The first-order valence-corrected chi connectivity index (χ1v) is 6.74. The third kappa shape index (κ3) is 4.42. The van der Waals surface area contributed by atoms with Crippen molar-refractivity contribution >= 4 is 5.91 Å². The van der Waals surface area contributed by atoms with Crippen LogP contribution >= 0.6 is 0 Å². The standard InChI is InChI=1S/C15H19N3O2/c1-2-8-18-11-14(10-17-18)20-12-15(19)16-9-13-6-4-3-5-7-13/h3-7,10-11H,2,8-9,12H2,1H3,(H,16,19). The number of amides is 1. The van der Waals surface area contributed by atoms with Crippen molar-refractivity contribution in [3.05, 3.63) is 48.3 Å². The summed E-state index contributed by atoms with van der Waals surface area (Å²) in [6.07, 6.45) is 4.44. The number of nitrogens with zero attached hydrogens (tertiary/aromatic N) is 2. The van der Waals surface area contributed by atoms with Gasteiger partial charge in [-0.2, -0.15) is 5.10 Å². The largest absolute Gasteiger partial charge is 0.480 e. The van der Waals surface area contributed by atoms with E-state index in [9.17, 15) is 4.79 Å². The number of carbonyl (C=O) groups excluding carboxylic acids is 1. The first-order valence-electron chi connectivity index (χ1n) is 6.74. The molecule has 0 saturated carbocycles. The van der Waals surface area contributed by atoms with E-state index >= 15 is 0 Å². The Bertz CT molecular complexity index is 537. The lowest BCUT2D eigenvalue weighted by atomic mass is 10.2. The van der Waals surface area contributed by atoms with Crippen LogP contribution in [0.4, 0.5) is 0 Å². The zero-order chi connectivity index (χ0) is 14.2. The van der Waals surface area contributed by atoms with E-state index in [0.29, 0.717) is 12.3 Å². The molecule has 0 aliphatic rings. The van der Waals surface area contributed by atoms with E-state index < -0.39 is 0 Å². The first-order chi connectivity index (χ1) is 9.78. The normalized spacial score (nSPS) is 10.2. The minimum atomic E-state index is -0.142. The van der Waals surface area contributed by atoms with Crippen LogP contribution in [0.15, 0.2) is 42.7 Å². The average molecular weight is 273 g/mol. The summed E-state index contributed by atoms with van der Waals surface area (Å²) >= 11 is 0. The SMILES string of the molecule is CCCn1cc(OCC(=O)NCc2ccccc2)cn1. The molecule has 0 fully saturated rings. The third-order valence-corrected chi connectivity index (χ3v) is 2.76. The molecule has 0 radical (unpaired) electrons. The fourth-order valence-corrected chi connectivity index (χ4v) is 1.77. The summed E-state index contributed by atoms with van der Waals surface area (Å²) in [6, 6.07) is 9.77. The second kappa shape index (κ2) is 7.33. The number of hydrogen-bond acceptors (Lipinski definition) is 3. The molecule has 0 unspecified atom stereocenters. The van der Waals surface area contributed by atoms with Gasteiger partial charge in [-0.1, -0.05) is 37.3 Å². The molecule has 1 N–H and O–H groups in total. The predicted octanol–water partition coefficient (Wildman–Crippen LogP) is 1.99. The topological polar surface area (TPSA) is 56.1 Å². The van der Waals surface area contributed by atoms with Gasteiger partial charge in [-0.25, -0.2) is 0 Å². The molecule has 0 aliphatic carbocycles. The Morgan fingerprint density at radius 1 is 1.35 bits per heavy atom. The van der Waals surface area contributed by atoms with E-state index in [1.54, 1.807) is 17.1 Å². The van der Waals surface area contributed by atoms with Crippen molar-refractivity contribution in [2.45, 2.75) is 26.4 Å². The molecule has 106 valence electrons. The van der Waals surface area contributed by atoms with E-state index in [2.05, 4.69) is 17.3 Å². The summed E-state index contributed by atoms with van der Waals surface area (Å²) in [5.41, 5.74) is 1.07. The lowest BCUT2D eigenvalue weighted by molar-refractivity contribution is -0.123. The lowest BCUT2D eigenvalue weighted by Crippen LogP contribution is -2.28. The number of benzene rings is 1. The highest BCUT2D eigenvalue weighted by Gasteiger charge is 2.04. The second-order valence-corrected chi connectivity index (χ2v) is 4.49. The number of carbonyl (C=O) groups is 1. The van der Waals surface area contributed by atoms with Gasteiger partial charge >= 0.3 is 0 Å². The van der Waals surface area contributed by atoms with E-state index in [-0.39, 0.29) is 12.5 Å². The van der Waals surface area contributed by atoms with Crippen LogP contribution in [-0.4, -0.2) is 22.3 Å². The maximum absolute atomic E-state index is 11.7. The molecule has 5 heteroatoms. The average Bonchev–Trinajstić information content (AvgIpc) is 2.92. The Morgan fingerprint density at radius 2 is 2.15 bits per heavy atom. The van der Waals surface area contributed by atoms with Crippen molar-refractivity contribution in [3.63, 3.8) is 0 Å². The molecule has 0 bridgehead atoms. The molecule has 0 saturated heterocycles. The van der Waals surface area contributed by atoms with Crippen molar-refractivity contribution in [2.24, 2.45) is 0 Å². The maximum atomic E-state index is 11.7. The van der Waals surface area contributed by atoms with Gasteiger partial charge in [0.2, 0.25) is 0 Å². The zero-order valence-electron chi connectivity index (χ0n) is 11.6.